The average Bonchev–Trinajstić information content (AvgIpc) is 2.90. The summed E-state index contributed by atoms with van der Waals surface area (Å²) in [7, 11) is 0. The summed E-state index contributed by atoms with van der Waals surface area (Å²) in [5, 5.41) is 0. The standard InChI is InChI=1S/C10H15.C9H11.2ClH.Ti/c1-7-6-10(4,5)9(3)8(7)2;1-2-5-9-7-3-6-8(9)4-1;;;/h1-5H3;1-2,4-6,8-9H,3,7H2;2*1H;/q2*-1;;;+4/p-2. The maximum absolute atomic E-state index is 3.44. The quantitative estimate of drug-likeness (QED) is 0.396. The van der Waals surface area contributed by atoms with Gasteiger partial charge in [0.15, 0.2) is 0 Å². The van der Waals surface area contributed by atoms with Gasteiger partial charge in [-0.25, -0.2) is 5.57 Å². The zero-order valence-corrected chi connectivity index (χ0v) is 17.3. The van der Waals surface area contributed by atoms with Gasteiger partial charge in [0.25, 0.3) is 0 Å². The van der Waals surface area contributed by atoms with E-state index in [0.717, 1.165) is 11.8 Å². The number of hydrogen-bond donors (Lipinski definition) is 0. The molecule has 2 unspecified atom stereocenters. The molecule has 0 amide bonds. The van der Waals surface area contributed by atoms with Crippen LogP contribution in [-0.2, 0) is 21.7 Å². The van der Waals surface area contributed by atoms with Crippen LogP contribution >= 0.6 is 0 Å². The third-order valence-corrected chi connectivity index (χ3v) is 4.80. The minimum absolute atomic E-state index is 0. The van der Waals surface area contributed by atoms with Crippen LogP contribution in [0.4, 0.5) is 0 Å². The zero-order chi connectivity index (χ0) is 14.0. The maximum Gasteiger partial charge on any atom is 4.00 e. The first-order valence-corrected chi connectivity index (χ1v) is 7.40. The van der Waals surface area contributed by atoms with Gasteiger partial charge in [-0.15, -0.1) is 18.9 Å². The largest absolute Gasteiger partial charge is 4.00 e. The van der Waals surface area contributed by atoms with Crippen LogP contribution in [0.2, 0.25) is 0 Å². The van der Waals surface area contributed by atoms with Gasteiger partial charge in [0.1, 0.15) is 0 Å². The van der Waals surface area contributed by atoms with Crippen LogP contribution < -0.4 is 24.8 Å². The van der Waals surface area contributed by atoms with Crippen molar-refractivity contribution >= 4 is 0 Å². The number of fused-ring (bicyclic) bond motifs is 1. The summed E-state index contributed by atoms with van der Waals surface area (Å²) in [5.41, 5.74) is 4.39. The van der Waals surface area contributed by atoms with Crippen LogP contribution in [0.5, 0.6) is 0 Å². The Balaban J connectivity index is 0. The monoisotopic (exact) mass is 372 g/mol. The molecule has 3 heteroatoms. The van der Waals surface area contributed by atoms with Crippen molar-refractivity contribution in [1.29, 1.82) is 0 Å². The number of allylic oxidation sites excluding steroid dienone is 8. The molecule has 0 aromatic rings. The van der Waals surface area contributed by atoms with Crippen LogP contribution in [0.3, 0.4) is 0 Å². The molecule has 1 fully saturated rings. The van der Waals surface area contributed by atoms with Gasteiger partial charge in [0, 0.05) is 0 Å². The fourth-order valence-corrected chi connectivity index (χ4v) is 3.10. The Morgan fingerprint density at radius 3 is 2.09 bits per heavy atom. The topological polar surface area (TPSA) is 0 Å². The van der Waals surface area contributed by atoms with Gasteiger partial charge in [-0.1, -0.05) is 57.8 Å². The molecule has 0 N–H and O–H groups in total. The molecule has 0 spiro atoms. The first-order valence-electron chi connectivity index (χ1n) is 7.40. The Kier molecular flexibility index (Phi) is 11.3. The van der Waals surface area contributed by atoms with Gasteiger partial charge in [-0.05, 0) is 5.92 Å². The Hall–Kier alpha value is 0.254. The number of hydrogen-bond acceptors (Lipinski definition) is 0. The van der Waals surface area contributed by atoms with E-state index in [2.05, 4.69) is 71.4 Å². The van der Waals surface area contributed by atoms with Gasteiger partial charge in [0.05, 0.1) is 0 Å². The van der Waals surface area contributed by atoms with E-state index in [0.29, 0.717) is 0 Å². The zero-order valence-electron chi connectivity index (χ0n) is 14.2. The van der Waals surface area contributed by atoms with Gasteiger partial charge >= 0.3 is 21.7 Å². The van der Waals surface area contributed by atoms with Crippen molar-refractivity contribution in [3.63, 3.8) is 0 Å². The van der Waals surface area contributed by atoms with Crippen molar-refractivity contribution in [2.75, 3.05) is 0 Å². The van der Waals surface area contributed by atoms with Crippen molar-refractivity contribution in [3.05, 3.63) is 53.5 Å². The molecule has 0 aromatic carbocycles. The second-order valence-corrected chi connectivity index (χ2v) is 6.45. The number of halogens is 2. The predicted octanol–water partition coefficient (Wildman–Crippen LogP) is -0.540. The molecule has 2 atom stereocenters. The summed E-state index contributed by atoms with van der Waals surface area (Å²) in [5.74, 6) is 1.62. The van der Waals surface area contributed by atoms with Gasteiger partial charge in [-0.3, -0.25) is 6.08 Å². The summed E-state index contributed by atoms with van der Waals surface area (Å²) in [6.45, 7) is 10.9. The summed E-state index contributed by atoms with van der Waals surface area (Å²) in [6.07, 6.45) is 17.5. The van der Waals surface area contributed by atoms with Crippen LogP contribution in [0.25, 0.3) is 0 Å². The maximum atomic E-state index is 3.44. The molecule has 0 saturated heterocycles. The minimum atomic E-state index is 0. The van der Waals surface area contributed by atoms with E-state index in [9.17, 15) is 0 Å². The van der Waals surface area contributed by atoms with Gasteiger partial charge in [-0.2, -0.15) is 17.6 Å². The van der Waals surface area contributed by atoms with Crippen molar-refractivity contribution in [2.24, 2.45) is 17.3 Å². The summed E-state index contributed by atoms with van der Waals surface area (Å²) in [4.78, 5) is 0. The van der Waals surface area contributed by atoms with Crippen LogP contribution in [0, 0.1) is 29.7 Å². The Morgan fingerprint density at radius 1 is 1.09 bits per heavy atom. The minimum Gasteiger partial charge on any atom is -1.00 e. The molecule has 0 aliphatic heterocycles. The van der Waals surface area contributed by atoms with Crippen molar-refractivity contribution in [1.82, 2.24) is 0 Å². The second kappa shape index (κ2) is 10.2. The molecule has 120 valence electrons. The molecule has 0 bridgehead atoms. The molecule has 0 nitrogen and oxygen atoms in total. The molecule has 0 aromatic heterocycles. The van der Waals surface area contributed by atoms with Crippen molar-refractivity contribution < 1.29 is 46.5 Å². The normalized spacial score (nSPS) is 26.7. The average molecular weight is 373 g/mol. The van der Waals surface area contributed by atoms with E-state index < -0.39 is 0 Å². The van der Waals surface area contributed by atoms with E-state index in [1.54, 1.807) is 0 Å². The van der Waals surface area contributed by atoms with Crippen LogP contribution in [-0.4, -0.2) is 0 Å². The predicted molar refractivity (Wildman–Crippen MR) is 83.4 cm³/mol. The first kappa shape index (κ1) is 24.5. The summed E-state index contributed by atoms with van der Waals surface area (Å²) >= 11 is 0. The first-order chi connectivity index (χ1) is 8.92. The fraction of sp³-hybridized carbons (Fsp3) is 0.526. The van der Waals surface area contributed by atoms with Crippen LogP contribution in [0.1, 0.15) is 47.5 Å². The summed E-state index contributed by atoms with van der Waals surface area (Å²) < 4.78 is 0. The Bertz CT molecular complexity index is 452. The third-order valence-electron chi connectivity index (χ3n) is 4.80. The molecule has 22 heavy (non-hydrogen) atoms. The molecular formula is C19H26Cl2Ti. The van der Waals surface area contributed by atoms with E-state index in [1.807, 2.05) is 0 Å². The molecule has 3 aliphatic rings. The van der Waals surface area contributed by atoms with Gasteiger partial charge in [0.2, 0.25) is 0 Å². The van der Waals surface area contributed by atoms with E-state index in [4.69, 9.17) is 0 Å². The van der Waals surface area contributed by atoms with Crippen molar-refractivity contribution in [3.8, 4) is 0 Å². The van der Waals surface area contributed by atoms with E-state index in [1.165, 1.54) is 29.6 Å². The van der Waals surface area contributed by atoms with Gasteiger partial charge < -0.3 is 31.2 Å². The second-order valence-electron chi connectivity index (χ2n) is 6.45. The van der Waals surface area contributed by atoms with E-state index >= 15 is 0 Å². The summed E-state index contributed by atoms with van der Waals surface area (Å²) in [6, 6.07) is 0. The Labute approximate surface area is 164 Å². The smallest absolute Gasteiger partial charge is 1.00 e. The Morgan fingerprint density at radius 2 is 1.68 bits per heavy atom. The van der Waals surface area contributed by atoms with E-state index in [-0.39, 0.29) is 51.9 Å². The fourth-order valence-electron chi connectivity index (χ4n) is 3.10. The van der Waals surface area contributed by atoms with Crippen LogP contribution in [0.15, 0.2) is 41.0 Å². The molecular weight excluding hydrogens is 347 g/mol. The molecule has 0 heterocycles. The molecule has 1 saturated carbocycles. The third kappa shape index (κ3) is 5.71. The molecule has 3 aliphatic carbocycles. The number of rotatable bonds is 0. The van der Waals surface area contributed by atoms with Crippen molar-refractivity contribution in [2.45, 2.75) is 47.5 Å². The molecule has 0 radical (unpaired) electrons. The molecule has 3 rings (SSSR count). The SMILES string of the molecule is C1=CC2[CH-]CCC2C=C1.CC1=[C-]C(C)(C)C(C)=C1C.[Cl-].[Cl-].[Ti+4].